The van der Waals surface area contributed by atoms with Crippen LogP contribution in [0.5, 0.6) is 0 Å². The highest BCUT2D eigenvalue weighted by molar-refractivity contribution is 7.25. The maximum Gasteiger partial charge on any atom is 0.0562 e. The minimum absolute atomic E-state index is 1.12. The maximum atomic E-state index is 2.46. The molecule has 0 fully saturated rings. The summed E-state index contributed by atoms with van der Waals surface area (Å²) in [6.07, 6.45) is 0. The molecule has 0 saturated heterocycles. The number of nitrogens with zero attached hydrogens (tertiary/aromatic N) is 2. The lowest BCUT2D eigenvalue weighted by Crippen LogP contribution is -2.10. The molecule has 0 aliphatic carbocycles. The van der Waals surface area contributed by atoms with Crippen LogP contribution in [0.3, 0.4) is 0 Å². The summed E-state index contributed by atoms with van der Waals surface area (Å²) in [4.78, 5) is 2.46. The summed E-state index contributed by atoms with van der Waals surface area (Å²) in [7, 11) is 0. The van der Waals surface area contributed by atoms with E-state index in [0.29, 0.717) is 0 Å². The third kappa shape index (κ3) is 4.55. The topological polar surface area (TPSA) is 8.17 Å². The Morgan fingerprint density at radius 1 is 0.408 bits per heavy atom. The lowest BCUT2D eigenvalue weighted by atomic mass is 10.0. The SMILES string of the molecule is c1ccc(-c2cccc(N(c3ccc4c(c3)sc3cc5ccccc5cc34)c3cccc4c3c3ccccc3n4-c3ccccc3)c2)cc1. The van der Waals surface area contributed by atoms with Crippen LogP contribution in [0, 0.1) is 0 Å². The van der Waals surface area contributed by atoms with Gasteiger partial charge in [-0.05, 0) is 88.6 Å². The molecule has 8 aromatic carbocycles. The van der Waals surface area contributed by atoms with Gasteiger partial charge in [-0.2, -0.15) is 0 Å². The zero-order chi connectivity index (χ0) is 32.3. The molecule has 0 bridgehead atoms. The van der Waals surface area contributed by atoms with E-state index in [4.69, 9.17) is 0 Å². The van der Waals surface area contributed by atoms with Crippen molar-refractivity contribution >= 4 is 81.1 Å². The van der Waals surface area contributed by atoms with E-state index < -0.39 is 0 Å². The van der Waals surface area contributed by atoms with E-state index in [9.17, 15) is 0 Å². The molecule has 0 aliphatic rings. The normalized spacial score (nSPS) is 11.7. The Morgan fingerprint density at radius 2 is 1.06 bits per heavy atom. The molecule has 2 nitrogen and oxygen atoms in total. The fourth-order valence-corrected chi connectivity index (χ4v) is 8.68. The number of benzene rings is 8. The van der Waals surface area contributed by atoms with Gasteiger partial charge in [0.05, 0.1) is 16.7 Å². The second-order valence-electron chi connectivity index (χ2n) is 12.6. The van der Waals surface area contributed by atoms with Crippen molar-refractivity contribution in [3.63, 3.8) is 0 Å². The summed E-state index contributed by atoms with van der Waals surface area (Å²) in [5.74, 6) is 0. The molecule has 0 amide bonds. The highest BCUT2D eigenvalue weighted by Gasteiger charge is 2.22. The Balaban J connectivity index is 1.25. The first-order valence-electron chi connectivity index (χ1n) is 16.7. The Morgan fingerprint density at radius 3 is 1.92 bits per heavy atom. The first-order chi connectivity index (χ1) is 24.3. The molecule has 0 unspecified atom stereocenters. The van der Waals surface area contributed by atoms with Crippen molar-refractivity contribution in [2.45, 2.75) is 0 Å². The van der Waals surface area contributed by atoms with Gasteiger partial charge in [-0.25, -0.2) is 0 Å². The number of hydrogen-bond acceptors (Lipinski definition) is 2. The van der Waals surface area contributed by atoms with Crippen molar-refractivity contribution in [2.75, 3.05) is 4.90 Å². The minimum atomic E-state index is 1.12. The van der Waals surface area contributed by atoms with Crippen molar-refractivity contribution < 1.29 is 0 Å². The van der Waals surface area contributed by atoms with Gasteiger partial charge in [-0.3, -0.25) is 0 Å². The van der Waals surface area contributed by atoms with Crippen LogP contribution in [0.15, 0.2) is 182 Å². The average Bonchev–Trinajstić information content (AvgIpc) is 3.70. The molecule has 49 heavy (non-hydrogen) atoms. The van der Waals surface area contributed by atoms with Gasteiger partial charge in [0.1, 0.15) is 0 Å². The van der Waals surface area contributed by atoms with Crippen LogP contribution in [0.4, 0.5) is 17.1 Å². The van der Waals surface area contributed by atoms with Gasteiger partial charge in [-0.15, -0.1) is 11.3 Å². The monoisotopic (exact) mass is 642 g/mol. The zero-order valence-electron chi connectivity index (χ0n) is 26.6. The summed E-state index contributed by atoms with van der Waals surface area (Å²) in [5.41, 5.74) is 9.34. The highest BCUT2D eigenvalue weighted by Crippen LogP contribution is 2.46. The number of para-hydroxylation sites is 2. The molecule has 10 rings (SSSR count). The number of anilines is 3. The minimum Gasteiger partial charge on any atom is -0.310 e. The summed E-state index contributed by atoms with van der Waals surface area (Å²) in [6, 6.07) is 66.2. The van der Waals surface area contributed by atoms with Gasteiger partial charge in [0.2, 0.25) is 0 Å². The summed E-state index contributed by atoms with van der Waals surface area (Å²) < 4.78 is 4.99. The van der Waals surface area contributed by atoms with Gasteiger partial charge < -0.3 is 9.47 Å². The lowest BCUT2D eigenvalue weighted by molar-refractivity contribution is 1.18. The van der Waals surface area contributed by atoms with Gasteiger partial charge >= 0.3 is 0 Å². The molecule has 0 saturated carbocycles. The molecule has 0 atom stereocenters. The van der Waals surface area contributed by atoms with Crippen LogP contribution in [-0.4, -0.2) is 4.57 Å². The van der Waals surface area contributed by atoms with Crippen LogP contribution in [0.25, 0.3) is 69.6 Å². The first-order valence-corrected chi connectivity index (χ1v) is 17.5. The van der Waals surface area contributed by atoms with E-state index in [2.05, 4.69) is 191 Å². The molecule has 0 spiro atoms. The van der Waals surface area contributed by atoms with Crippen molar-refractivity contribution in [1.29, 1.82) is 0 Å². The molecule has 0 radical (unpaired) electrons. The van der Waals surface area contributed by atoms with Gasteiger partial charge in [-0.1, -0.05) is 115 Å². The third-order valence-corrected chi connectivity index (χ3v) is 10.8. The Labute approximate surface area is 288 Å². The molecular formula is C46H30N2S. The number of rotatable bonds is 5. The van der Waals surface area contributed by atoms with Gasteiger partial charge in [0.15, 0.2) is 0 Å². The van der Waals surface area contributed by atoms with E-state index in [0.717, 1.165) is 22.7 Å². The molecule has 0 N–H and O–H groups in total. The molecule has 3 heteroatoms. The van der Waals surface area contributed by atoms with Gasteiger partial charge in [0, 0.05) is 48.0 Å². The number of fused-ring (bicyclic) bond motifs is 7. The molecular weight excluding hydrogens is 613 g/mol. The Bertz CT molecular complexity index is 2830. The van der Waals surface area contributed by atoms with E-state index in [1.807, 2.05) is 11.3 Å². The van der Waals surface area contributed by atoms with Crippen LogP contribution in [0.1, 0.15) is 0 Å². The van der Waals surface area contributed by atoms with Crippen molar-refractivity contribution in [2.24, 2.45) is 0 Å². The number of aromatic nitrogens is 1. The Hall–Kier alpha value is -6.16. The molecule has 2 heterocycles. The van der Waals surface area contributed by atoms with Crippen molar-refractivity contribution in [3.8, 4) is 16.8 Å². The Kier molecular flexibility index (Phi) is 6.39. The number of hydrogen-bond donors (Lipinski definition) is 0. The highest BCUT2D eigenvalue weighted by atomic mass is 32.1. The average molecular weight is 643 g/mol. The predicted octanol–water partition coefficient (Wildman–Crippen LogP) is 13.4. The molecule has 0 aliphatic heterocycles. The second kappa shape index (κ2) is 11.2. The summed E-state index contributed by atoms with van der Waals surface area (Å²) in [6.45, 7) is 0. The van der Waals surface area contributed by atoms with E-state index in [1.54, 1.807) is 0 Å². The fourth-order valence-electron chi connectivity index (χ4n) is 7.51. The van der Waals surface area contributed by atoms with E-state index >= 15 is 0 Å². The maximum absolute atomic E-state index is 2.46. The quantitative estimate of drug-likeness (QED) is 0.181. The lowest BCUT2D eigenvalue weighted by Gasteiger charge is -2.27. The van der Waals surface area contributed by atoms with Crippen LogP contribution in [-0.2, 0) is 0 Å². The van der Waals surface area contributed by atoms with Crippen molar-refractivity contribution in [3.05, 3.63) is 182 Å². The summed E-state index contributed by atoms with van der Waals surface area (Å²) >= 11 is 1.88. The third-order valence-electron chi connectivity index (χ3n) is 9.72. The zero-order valence-corrected chi connectivity index (χ0v) is 27.4. The standard InChI is InChI=1S/C46H30N2S/c1-3-13-31(14-4-1)32-17-11-20-36(27-32)47(37-25-26-38-40-28-33-15-7-8-16-34(33)29-44(40)49-45(38)30-37)42-23-12-24-43-46(42)39-21-9-10-22-41(39)48(43)35-18-5-2-6-19-35/h1-30H. The van der Waals surface area contributed by atoms with Crippen LogP contribution >= 0.6 is 11.3 Å². The van der Waals surface area contributed by atoms with Crippen LogP contribution < -0.4 is 4.90 Å². The predicted molar refractivity (Wildman–Crippen MR) is 211 cm³/mol. The van der Waals surface area contributed by atoms with Crippen molar-refractivity contribution in [1.82, 2.24) is 4.57 Å². The number of thiophene rings is 1. The largest absolute Gasteiger partial charge is 0.310 e. The van der Waals surface area contributed by atoms with Crippen LogP contribution in [0.2, 0.25) is 0 Å². The second-order valence-corrected chi connectivity index (χ2v) is 13.7. The summed E-state index contributed by atoms with van der Waals surface area (Å²) in [5, 5.41) is 7.63. The first kappa shape index (κ1) is 27.9. The smallest absolute Gasteiger partial charge is 0.0562 e. The molecule has 230 valence electrons. The van der Waals surface area contributed by atoms with Gasteiger partial charge in [0.25, 0.3) is 0 Å². The fraction of sp³-hybridized carbons (Fsp3) is 0. The molecule has 2 aromatic heterocycles. The molecule has 10 aromatic rings. The van der Waals surface area contributed by atoms with E-state index in [1.165, 1.54) is 63.9 Å². The van der Waals surface area contributed by atoms with E-state index in [-0.39, 0.29) is 0 Å².